The molecule has 7 atom stereocenters. The summed E-state index contributed by atoms with van der Waals surface area (Å²) in [5.41, 5.74) is 1.80. The predicted molar refractivity (Wildman–Crippen MR) is 305 cm³/mol. The van der Waals surface area contributed by atoms with Crippen LogP contribution >= 0.6 is 69.3 Å². The van der Waals surface area contributed by atoms with E-state index in [9.17, 15) is 21.4 Å². The average Bonchev–Trinajstić information content (AvgIpc) is 4.28. The van der Waals surface area contributed by atoms with Crippen LogP contribution in [0.5, 0.6) is 34.5 Å². The molecule has 18 nitrogen and oxygen atoms in total. The third-order valence-corrected chi connectivity index (χ3v) is 25.4. The standard InChI is InChI=1S/C55H52O18S8/c1-25(29-5-9-31(10-6-29)80(56,57)58)23-26(2)30-7-11-32(12-8-30)81(59,60)73-33-24-71-44-45(72-33)55(53-43-39(66-18-22-70-43)49(77-53)47-37-35(28(4)75-47)62-14-16-64-37)79-54(44)52-42-41(68-20-21-69-42)51(78-52)50-40-38(65-17-19-67-40)48(76-50)46-36-34(27(3)74-46)61-13-15-63-36/h5-12,25-26,33,48-49,53,55H,13-24H2,1-4H3,(H,56,57,58)/b51-50+,54-52+. The third-order valence-electron chi connectivity index (χ3n) is 14.8. The van der Waals surface area contributed by atoms with Crippen molar-refractivity contribution in [2.75, 3.05) is 72.7 Å². The minimum atomic E-state index is -4.42. The number of hydrogen-bond donors (Lipinski definition) is 1. The first-order valence-corrected chi connectivity index (χ1v) is 34.3. The molecular formula is C55H52O18S8. The van der Waals surface area contributed by atoms with Gasteiger partial charge in [0.05, 0.1) is 48.9 Å². The molecule has 0 amide bonds. The molecule has 0 fully saturated rings. The highest BCUT2D eigenvalue weighted by molar-refractivity contribution is 8.11. The quantitative estimate of drug-likeness (QED) is 0.0964. The van der Waals surface area contributed by atoms with Crippen molar-refractivity contribution in [2.24, 2.45) is 0 Å². The summed E-state index contributed by atoms with van der Waals surface area (Å²) in [6.07, 6.45) is -0.688. The lowest BCUT2D eigenvalue weighted by Gasteiger charge is -2.29. The van der Waals surface area contributed by atoms with Crippen LogP contribution < -0.4 is 37.5 Å². The number of aryl methyl sites for hydroxylation is 2. The van der Waals surface area contributed by atoms with E-state index in [1.807, 2.05) is 27.7 Å². The van der Waals surface area contributed by atoms with Gasteiger partial charge in [-0.25, -0.2) is 4.18 Å². The van der Waals surface area contributed by atoms with E-state index in [4.69, 9.17) is 61.0 Å². The van der Waals surface area contributed by atoms with Crippen molar-refractivity contribution in [2.45, 2.75) is 83.0 Å². The van der Waals surface area contributed by atoms with Gasteiger partial charge < -0.3 is 56.8 Å². The van der Waals surface area contributed by atoms with Gasteiger partial charge in [0.25, 0.3) is 26.5 Å². The molecular weight excluding hydrogens is 1210 g/mol. The summed E-state index contributed by atoms with van der Waals surface area (Å²) in [7, 11) is -8.73. The molecule has 0 radical (unpaired) electrons. The highest BCUT2D eigenvalue weighted by atomic mass is 32.2. The molecule has 12 heterocycles. The van der Waals surface area contributed by atoms with Gasteiger partial charge in [0.15, 0.2) is 69.9 Å². The SMILES string of the molecule is Cc1sc(C2S/C(=c3/s/c(=C4/SC(C5SC(c6sc(C)c7c6OCCO7)C6=C5OCCO6)C5=C4OCC(OS(=O)(=O)c4ccc(C(C)CC(C)c6ccc(S(=O)(=O)O)cc6)cc4)O5)c4c3OCCO4)C3=C2OCCO3)c2c1OCCO2. The second kappa shape index (κ2) is 21.2. The number of thiophene rings is 3. The lowest BCUT2D eigenvalue weighted by Crippen LogP contribution is -2.34. The fourth-order valence-corrected chi connectivity index (χ4v) is 21.0. The van der Waals surface area contributed by atoms with Gasteiger partial charge in [0.2, 0.25) is 0 Å². The first-order valence-electron chi connectivity index (χ1n) is 26.3. The highest BCUT2D eigenvalue weighted by Gasteiger charge is 2.53. The maximum atomic E-state index is 14.3. The van der Waals surface area contributed by atoms with Crippen LogP contribution in [0.25, 0.3) is 9.81 Å². The van der Waals surface area contributed by atoms with Gasteiger partial charge >= 0.3 is 0 Å². The Morgan fingerprint density at radius 2 is 1.00 bits per heavy atom. The highest BCUT2D eigenvalue weighted by Crippen LogP contribution is 2.64. The second-order valence-electron chi connectivity index (χ2n) is 20.1. The summed E-state index contributed by atoms with van der Waals surface area (Å²) in [4.78, 5) is 5.30. The zero-order valence-electron chi connectivity index (χ0n) is 43.8. The van der Waals surface area contributed by atoms with Crippen LogP contribution in [0.1, 0.15) is 73.2 Å². The van der Waals surface area contributed by atoms with E-state index in [0.717, 1.165) is 66.8 Å². The van der Waals surface area contributed by atoms with Crippen molar-refractivity contribution >= 4 is 99.3 Å². The summed E-state index contributed by atoms with van der Waals surface area (Å²) >= 11 is 9.50. The van der Waals surface area contributed by atoms with Crippen LogP contribution in [0, 0.1) is 13.8 Å². The van der Waals surface area contributed by atoms with E-state index in [1.54, 1.807) is 70.5 Å². The van der Waals surface area contributed by atoms with Crippen LogP contribution in [0.3, 0.4) is 0 Å². The number of ether oxygens (including phenoxy) is 12. The van der Waals surface area contributed by atoms with Gasteiger partial charge in [-0.1, -0.05) is 38.1 Å². The van der Waals surface area contributed by atoms with E-state index in [1.165, 1.54) is 47.4 Å². The van der Waals surface area contributed by atoms with Crippen molar-refractivity contribution in [3.05, 3.63) is 123 Å². The molecule has 0 bridgehead atoms. The van der Waals surface area contributed by atoms with Gasteiger partial charge in [-0.15, -0.1) is 69.3 Å². The number of thioether (sulfide) groups is 3. The number of benzene rings is 2. The molecule has 428 valence electrons. The summed E-state index contributed by atoms with van der Waals surface area (Å²) in [6.45, 7) is 11.7. The maximum Gasteiger partial charge on any atom is 0.300 e. The smallest absolute Gasteiger partial charge is 0.300 e. The lowest BCUT2D eigenvalue weighted by molar-refractivity contribution is -0.105. The number of hydrogen-bond acceptors (Lipinski definition) is 23. The molecule has 2 aromatic carbocycles. The fraction of sp³-hybridized carbons (Fsp3) is 0.418. The monoisotopic (exact) mass is 1260 g/mol. The Kier molecular flexibility index (Phi) is 14.1. The van der Waals surface area contributed by atoms with Gasteiger partial charge in [-0.2, -0.15) is 16.8 Å². The molecule has 0 aliphatic carbocycles. The van der Waals surface area contributed by atoms with Crippen LogP contribution in [-0.2, 0) is 52.8 Å². The summed E-state index contributed by atoms with van der Waals surface area (Å²) in [6, 6.07) is 12.7. The van der Waals surface area contributed by atoms with Gasteiger partial charge in [0, 0.05) is 9.75 Å². The Bertz CT molecular complexity index is 3840. The summed E-state index contributed by atoms with van der Waals surface area (Å²) in [5, 5.41) is -1.55. The second-order valence-corrected chi connectivity index (χ2v) is 30.1. The van der Waals surface area contributed by atoms with E-state index < -0.39 is 37.0 Å². The van der Waals surface area contributed by atoms with E-state index >= 15 is 0 Å². The predicted octanol–water partition coefficient (Wildman–Crippen LogP) is 9.53. The minimum absolute atomic E-state index is 0.00367. The molecule has 3 aromatic heterocycles. The molecule has 9 aliphatic heterocycles. The Labute approximate surface area is 491 Å². The molecule has 26 heteroatoms. The van der Waals surface area contributed by atoms with Gasteiger partial charge in [-0.05, 0) is 67.5 Å². The molecule has 7 unspecified atom stereocenters. The molecule has 81 heavy (non-hydrogen) atoms. The number of fused-ring (bicyclic) bond motifs is 3. The van der Waals surface area contributed by atoms with Crippen molar-refractivity contribution in [1.82, 2.24) is 0 Å². The van der Waals surface area contributed by atoms with E-state index in [2.05, 4.69) is 0 Å². The van der Waals surface area contributed by atoms with Gasteiger partial charge in [-0.3, -0.25) is 4.55 Å². The molecule has 0 saturated heterocycles. The van der Waals surface area contributed by atoms with Crippen molar-refractivity contribution in [3.63, 3.8) is 0 Å². The topological polar surface area (TPSA) is 208 Å². The summed E-state index contributed by atoms with van der Waals surface area (Å²) in [5.74, 6) is 7.59. The maximum absolute atomic E-state index is 14.3. The van der Waals surface area contributed by atoms with E-state index in [0.29, 0.717) is 124 Å². The third kappa shape index (κ3) is 9.59. The van der Waals surface area contributed by atoms with Crippen molar-refractivity contribution in [1.29, 1.82) is 0 Å². The fourth-order valence-electron chi connectivity index (χ4n) is 11.1. The lowest BCUT2D eigenvalue weighted by atomic mass is 9.87. The van der Waals surface area contributed by atoms with Crippen LogP contribution in [-0.4, -0.2) is 111 Å². The zero-order chi connectivity index (χ0) is 55.5. The molecule has 9 aliphatic rings. The Balaban J connectivity index is 0.813. The molecule has 1 N–H and O–H groups in total. The van der Waals surface area contributed by atoms with Crippen molar-refractivity contribution < 1.29 is 82.4 Å². The Hall–Kier alpha value is -5.03. The normalized spacial score (nSPS) is 25.8. The average molecular weight is 1260 g/mol. The molecule has 0 saturated carbocycles. The first kappa shape index (κ1) is 53.9. The minimum Gasteiger partial charge on any atom is -0.490 e. The van der Waals surface area contributed by atoms with E-state index in [-0.39, 0.29) is 38.7 Å². The Morgan fingerprint density at radius 3 is 1.59 bits per heavy atom. The molecule has 5 aromatic rings. The zero-order valence-corrected chi connectivity index (χ0v) is 50.3. The van der Waals surface area contributed by atoms with Crippen molar-refractivity contribution in [3.8, 4) is 34.5 Å². The number of rotatable bonds is 11. The van der Waals surface area contributed by atoms with Crippen LogP contribution in [0.2, 0.25) is 0 Å². The van der Waals surface area contributed by atoms with Crippen LogP contribution in [0.15, 0.2) is 92.9 Å². The Morgan fingerprint density at radius 1 is 0.519 bits per heavy atom. The molecule has 14 rings (SSSR count). The summed E-state index contributed by atoms with van der Waals surface area (Å²) < 4.78 is 146. The first-order chi connectivity index (χ1) is 39.2. The largest absolute Gasteiger partial charge is 0.490 e. The van der Waals surface area contributed by atoms with Gasteiger partial charge in [0.1, 0.15) is 82.3 Å². The van der Waals surface area contributed by atoms with Crippen LogP contribution in [0.4, 0.5) is 0 Å². The molecule has 0 spiro atoms.